The van der Waals surface area contributed by atoms with E-state index in [2.05, 4.69) is 29.0 Å². The SMILES string of the molecule is CCCOCCCCOc1cnc(-c2ccc(CCCC/C=C\CC(=O)O)cc2)nc1. The molecule has 1 aromatic carbocycles. The van der Waals surface area contributed by atoms with Crippen LogP contribution in [0, 0.1) is 0 Å². The van der Waals surface area contributed by atoms with Crippen LogP contribution in [0.3, 0.4) is 0 Å². The Hall–Kier alpha value is -2.73. The fourth-order valence-corrected chi connectivity index (χ4v) is 3.00. The molecule has 2 rings (SSSR count). The summed E-state index contributed by atoms with van der Waals surface area (Å²) >= 11 is 0. The van der Waals surface area contributed by atoms with Gasteiger partial charge in [0.05, 0.1) is 25.4 Å². The maximum atomic E-state index is 10.4. The molecule has 0 saturated heterocycles. The Morgan fingerprint density at radius 3 is 2.42 bits per heavy atom. The van der Waals surface area contributed by atoms with Crippen molar-refractivity contribution in [2.24, 2.45) is 0 Å². The van der Waals surface area contributed by atoms with Gasteiger partial charge in [0.25, 0.3) is 0 Å². The number of hydrogen-bond acceptors (Lipinski definition) is 5. The number of aromatic nitrogens is 2. The first-order valence-corrected chi connectivity index (χ1v) is 11.2. The minimum Gasteiger partial charge on any atom is -0.490 e. The quantitative estimate of drug-likeness (QED) is 0.283. The molecule has 6 heteroatoms. The second-order valence-corrected chi connectivity index (χ2v) is 7.42. The molecule has 0 aliphatic rings. The van der Waals surface area contributed by atoms with Crippen LogP contribution in [0.2, 0.25) is 0 Å². The molecule has 1 N–H and O–H groups in total. The molecule has 0 aliphatic carbocycles. The zero-order valence-electron chi connectivity index (χ0n) is 18.5. The summed E-state index contributed by atoms with van der Waals surface area (Å²) in [5.74, 6) is 0.592. The first-order chi connectivity index (χ1) is 15.2. The predicted molar refractivity (Wildman–Crippen MR) is 122 cm³/mol. The summed E-state index contributed by atoms with van der Waals surface area (Å²) in [7, 11) is 0. The molecular weight excluding hydrogens is 392 g/mol. The van der Waals surface area contributed by atoms with E-state index in [9.17, 15) is 4.79 Å². The number of hydrogen-bond donors (Lipinski definition) is 1. The van der Waals surface area contributed by atoms with Gasteiger partial charge in [0.2, 0.25) is 0 Å². The standard InChI is InChI=1S/C25H34N2O4/c1-2-16-30-17-8-9-18-31-23-19-26-25(27-20-23)22-14-12-21(13-15-22)10-6-4-3-5-7-11-24(28)29/h5,7,12-15,19-20H,2-4,6,8-11,16-18H2,1H3,(H,28,29)/b7-5-. The van der Waals surface area contributed by atoms with Crippen LogP contribution in [0.25, 0.3) is 11.4 Å². The molecule has 0 unspecified atom stereocenters. The fourth-order valence-electron chi connectivity index (χ4n) is 3.00. The Labute approximate surface area is 185 Å². The Balaban J connectivity index is 1.67. The summed E-state index contributed by atoms with van der Waals surface area (Å²) in [6.07, 6.45) is 14.3. The topological polar surface area (TPSA) is 81.5 Å². The lowest BCUT2D eigenvalue weighted by Crippen LogP contribution is -2.02. The Kier molecular flexibility index (Phi) is 12.0. The van der Waals surface area contributed by atoms with Crippen molar-refractivity contribution in [1.82, 2.24) is 9.97 Å². The summed E-state index contributed by atoms with van der Waals surface area (Å²) in [6.45, 7) is 4.36. The van der Waals surface area contributed by atoms with Crippen molar-refractivity contribution in [3.8, 4) is 17.1 Å². The van der Waals surface area contributed by atoms with Crippen molar-refractivity contribution in [3.05, 3.63) is 54.4 Å². The molecule has 6 nitrogen and oxygen atoms in total. The smallest absolute Gasteiger partial charge is 0.307 e. The van der Waals surface area contributed by atoms with Gasteiger partial charge in [0.15, 0.2) is 11.6 Å². The number of carboxylic acid groups (broad SMARTS) is 1. The second-order valence-electron chi connectivity index (χ2n) is 7.42. The van der Waals surface area contributed by atoms with Crippen molar-refractivity contribution in [2.45, 2.75) is 58.3 Å². The average molecular weight is 427 g/mol. The maximum absolute atomic E-state index is 10.4. The molecule has 0 atom stereocenters. The van der Waals surface area contributed by atoms with Crippen LogP contribution < -0.4 is 4.74 Å². The van der Waals surface area contributed by atoms with Gasteiger partial charge in [0.1, 0.15) is 0 Å². The van der Waals surface area contributed by atoms with Gasteiger partial charge in [0, 0.05) is 18.8 Å². The molecule has 0 bridgehead atoms. The summed E-state index contributed by atoms with van der Waals surface area (Å²) in [6, 6.07) is 8.33. The molecule has 0 amide bonds. The molecule has 1 aromatic heterocycles. The zero-order valence-corrected chi connectivity index (χ0v) is 18.5. The monoisotopic (exact) mass is 426 g/mol. The van der Waals surface area contributed by atoms with Gasteiger partial charge < -0.3 is 14.6 Å². The van der Waals surface area contributed by atoms with Crippen LogP contribution in [-0.2, 0) is 16.0 Å². The van der Waals surface area contributed by atoms with Crippen LogP contribution in [0.5, 0.6) is 5.75 Å². The third-order valence-electron chi connectivity index (χ3n) is 4.69. The molecule has 0 aliphatic heterocycles. The molecule has 0 spiro atoms. The van der Waals surface area contributed by atoms with E-state index in [1.165, 1.54) is 5.56 Å². The third-order valence-corrected chi connectivity index (χ3v) is 4.69. The number of rotatable bonds is 16. The molecule has 0 saturated carbocycles. The number of carboxylic acids is 1. The summed E-state index contributed by atoms with van der Waals surface area (Å²) in [5.41, 5.74) is 2.26. The number of aliphatic carboxylic acids is 1. The normalized spacial score (nSPS) is 11.1. The van der Waals surface area contributed by atoms with Crippen molar-refractivity contribution in [3.63, 3.8) is 0 Å². The van der Waals surface area contributed by atoms with Crippen molar-refractivity contribution in [2.75, 3.05) is 19.8 Å². The lowest BCUT2D eigenvalue weighted by Gasteiger charge is -2.07. The summed E-state index contributed by atoms with van der Waals surface area (Å²) < 4.78 is 11.2. The van der Waals surface area contributed by atoms with Gasteiger partial charge in [-0.05, 0) is 50.5 Å². The lowest BCUT2D eigenvalue weighted by atomic mass is 10.0. The van der Waals surface area contributed by atoms with Crippen molar-refractivity contribution in [1.29, 1.82) is 0 Å². The number of unbranched alkanes of at least 4 members (excludes halogenated alkanes) is 3. The molecule has 168 valence electrons. The number of nitrogens with zero attached hydrogens (tertiary/aromatic N) is 2. The molecule has 0 fully saturated rings. The molecule has 2 aromatic rings. The van der Waals surface area contributed by atoms with E-state index in [0.717, 1.165) is 63.7 Å². The fraction of sp³-hybridized carbons (Fsp3) is 0.480. The average Bonchev–Trinajstić information content (AvgIpc) is 2.78. The largest absolute Gasteiger partial charge is 0.490 e. The number of benzene rings is 1. The van der Waals surface area contributed by atoms with E-state index in [0.29, 0.717) is 18.2 Å². The third kappa shape index (κ3) is 10.7. The first-order valence-electron chi connectivity index (χ1n) is 11.2. The maximum Gasteiger partial charge on any atom is 0.307 e. The van der Waals surface area contributed by atoms with Crippen LogP contribution in [0.1, 0.15) is 57.4 Å². The van der Waals surface area contributed by atoms with E-state index >= 15 is 0 Å². The second kappa shape index (κ2) is 15.1. The van der Waals surface area contributed by atoms with Gasteiger partial charge in [-0.15, -0.1) is 0 Å². The number of allylic oxidation sites excluding steroid dienone is 1. The number of aryl methyl sites for hydroxylation is 1. The van der Waals surface area contributed by atoms with Gasteiger partial charge in [-0.2, -0.15) is 0 Å². The van der Waals surface area contributed by atoms with E-state index in [-0.39, 0.29) is 6.42 Å². The van der Waals surface area contributed by atoms with Crippen LogP contribution in [0.15, 0.2) is 48.8 Å². The first kappa shape index (κ1) is 24.5. The zero-order chi connectivity index (χ0) is 22.2. The molecule has 1 heterocycles. The van der Waals surface area contributed by atoms with Gasteiger partial charge in [-0.25, -0.2) is 9.97 Å². The van der Waals surface area contributed by atoms with E-state index < -0.39 is 5.97 Å². The predicted octanol–water partition coefficient (Wildman–Crippen LogP) is 5.47. The van der Waals surface area contributed by atoms with Gasteiger partial charge >= 0.3 is 5.97 Å². The Bertz CT molecular complexity index is 773. The van der Waals surface area contributed by atoms with E-state index in [4.69, 9.17) is 14.6 Å². The van der Waals surface area contributed by atoms with Gasteiger partial charge in [-0.3, -0.25) is 4.79 Å². The summed E-state index contributed by atoms with van der Waals surface area (Å²) in [5, 5.41) is 8.59. The molecular formula is C25H34N2O4. The minimum absolute atomic E-state index is 0.102. The molecule has 0 radical (unpaired) electrons. The highest BCUT2D eigenvalue weighted by Crippen LogP contribution is 2.18. The highest BCUT2D eigenvalue weighted by atomic mass is 16.5. The lowest BCUT2D eigenvalue weighted by molar-refractivity contribution is -0.136. The molecule has 31 heavy (non-hydrogen) atoms. The minimum atomic E-state index is -0.786. The van der Waals surface area contributed by atoms with Crippen molar-refractivity contribution >= 4 is 5.97 Å². The van der Waals surface area contributed by atoms with Crippen LogP contribution in [-0.4, -0.2) is 40.9 Å². The van der Waals surface area contributed by atoms with Crippen LogP contribution in [0.4, 0.5) is 0 Å². The number of carbonyl (C=O) groups is 1. The van der Waals surface area contributed by atoms with E-state index in [1.54, 1.807) is 18.5 Å². The van der Waals surface area contributed by atoms with Crippen molar-refractivity contribution < 1.29 is 19.4 Å². The van der Waals surface area contributed by atoms with Gasteiger partial charge in [-0.1, -0.05) is 43.3 Å². The van der Waals surface area contributed by atoms with Crippen LogP contribution >= 0.6 is 0 Å². The highest BCUT2D eigenvalue weighted by molar-refractivity contribution is 5.68. The Morgan fingerprint density at radius 2 is 1.71 bits per heavy atom. The van der Waals surface area contributed by atoms with E-state index in [1.807, 2.05) is 18.2 Å². The Morgan fingerprint density at radius 1 is 0.968 bits per heavy atom. The highest BCUT2D eigenvalue weighted by Gasteiger charge is 2.03. The summed E-state index contributed by atoms with van der Waals surface area (Å²) in [4.78, 5) is 19.3. The number of ether oxygens (including phenoxy) is 2.